The van der Waals surface area contributed by atoms with E-state index in [1.165, 1.54) is 0 Å². The summed E-state index contributed by atoms with van der Waals surface area (Å²) in [5.41, 5.74) is 4.50. The third-order valence-electron chi connectivity index (χ3n) is 5.83. The van der Waals surface area contributed by atoms with Crippen LogP contribution in [0.1, 0.15) is 50.7 Å². The summed E-state index contributed by atoms with van der Waals surface area (Å²) in [6.45, 7) is 5.58. The molecule has 0 aromatic heterocycles. The van der Waals surface area contributed by atoms with Crippen LogP contribution in [-0.2, 0) is 14.3 Å². The van der Waals surface area contributed by atoms with E-state index in [4.69, 9.17) is 9.84 Å². The van der Waals surface area contributed by atoms with Crippen LogP contribution in [-0.4, -0.2) is 41.8 Å². The maximum absolute atomic E-state index is 12.7. The lowest BCUT2D eigenvalue weighted by Gasteiger charge is -2.24. The molecule has 2 amide bonds. The Morgan fingerprint density at radius 1 is 0.969 bits per heavy atom. The molecular weight excluding hydrogens is 408 g/mol. The molecule has 3 rings (SSSR count). The number of rotatable bonds is 9. The average molecular weight is 439 g/mol. The SMILES string of the molecule is CC[C@@H](CC(=O)O)NC(=O)C(NC(=O)OCC1c2ccccc2-c2ccccc21)C(C)C. The number of alkyl carbamates (subject to hydrolysis) is 1. The molecule has 32 heavy (non-hydrogen) atoms. The summed E-state index contributed by atoms with van der Waals surface area (Å²) in [5, 5.41) is 14.4. The first-order valence-corrected chi connectivity index (χ1v) is 11.0. The predicted octanol–water partition coefficient (Wildman–Crippen LogP) is 3.92. The molecule has 7 heteroatoms. The summed E-state index contributed by atoms with van der Waals surface area (Å²) in [6, 6.07) is 14.8. The van der Waals surface area contributed by atoms with Gasteiger partial charge in [-0.1, -0.05) is 69.3 Å². The molecule has 0 heterocycles. The Kier molecular flexibility index (Phi) is 7.51. The van der Waals surface area contributed by atoms with Gasteiger partial charge in [0.05, 0.1) is 6.42 Å². The van der Waals surface area contributed by atoms with Gasteiger partial charge in [0.2, 0.25) is 5.91 Å². The van der Waals surface area contributed by atoms with Gasteiger partial charge in [-0.25, -0.2) is 4.79 Å². The summed E-state index contributed by atoms with van der Waals surface area (Å²) in [5.74, 6) is -1.67. The number of aliphatic carboxylic acids is 1. The van der Waals surface area contributed by atoms with Gasteiger partial charge >= 0.3 is 12.1 Å². The van der Waals surface area contributed by atoms with Gasteiger partial charge in [-0.05, 0) is 34.6 Å². The highest BCUT2D eigenvalue weighted by Crippen LogP contribution is 2.44. The Labute approximate surface area is 188 Å². The van der Waals surface area contributed by atoms with Crippen molar-refractivity contribution in [2.75, 3.05) is 6.61 Å². The van der Waals surface area contributed by atoms with Gasteiger partial charge in [-0.2, -0.15) is 0 Å². The summed E-state index contributed by atoms with van der Waals surface area (Å²) >= 11 is 0. The molecule has 170 valence electrons. The molecule has 3 N–H and O–H groups in total. The smallest absolute Gasteiger partial charge is 0.407 e. The van der Waals surface area contributed by atoms with Crippen molar-refractivity contribution in [2.24, 2.45) is 5.92 Å². The van der Waals surface area contributed by atoms with E-state index in [0.29, 0.717) is 6.42 Å². The van der Waals surface area contributed by atoms with Crippen LogP contribution in [0.15, 0.2) is 48.5 Å². The molecule has 0 spiro atoms. The van der Waals surface area contributed by atoms with E-state index in [1.807, 2.05) is 50.2 Å². The normalized spacial score (nSPS) is 14.2. The molecule has 0 saturated heterocycles. The van der Waals surface area contributed by atoms with Crippen LogP contribution in [0.25, 0.3) is 11.1 Å². The Morgan fingerprint density at radius 3 is 2.03 bits per heavy atom. The van der Waals surface area contributed by atoms with Crippen LogP contribution in [0, 0.1) is 5.92 Å². The van der Waals surface area contributed by atoms with E-state index in [9.17, 15) is 14.4 Å². The molecule has 2 atom stereocenters. The number of fused-ring (bicyclic) bond motifs is 3. The number of nitrogens with one attached hydrogen (secondary N) is 2. The number of ether oxygens (including phenoxy) is 1. The molecule has 0 fully saturated rings. The zero-order valence-corrected chi connectivity index (χ0v) is 18.6. The Hall–Kier alpha value is -3.35. The van der Waals surface area contributed by atoms with Gasteiger partial charge in [0.25, 0.3) is 0 Å². The fourth-order valence-electron chi connectivity index (χ4n) is 4.10. The fourth-order valence-corrected chi connectivity index (χ4v) is 4.10. The highest BCUT2D eigenvalue weighted by atomic mass is 16.5. The lowest BCUT2D eigenvalue weighted by Crippen LogP contribution is -2.52. The van der Waals surface area contributed by atoms with Crippen molar-refractivity contribution in [3.63, 3.8) is 0 Å². The van der Waals surface area contributed by atoms with E-state index in [1.54, 1.807) is 6.92 Å². The van der Waals surface area contributed by atoms with E-state index < -0.39 is 30.1 Å². The van der Waals surface area contributed by atoms with Crippen LogP contribution >= 0.6 is 0 Å². The van der Waals surface area contributed by atoms with Crippen LogP contribution in [0.2, 0.25) is 0 Å². The number of carboxylic acid groups (broad SMARTS) is 1. The first-order valence-electron chi connectivity index (χ1n) is 11.0. The summed E-state index contributed by atoms with van der Waals surface area (Å²) < 4.78 is 5.54. The first kappa shape index (κ1) is 23.3. The minimum atomic E-state index is -0.984. The average Bonchev–Trinajstić information content (AvgIpc) is 3.08. The van der Waals surface area contributed by atoms with Crippen molar-refractivity contribution in [1.29, 1.82) is 0 Å². The van der Waals surface area contributed by atoms with E-state index in [-0.39, 0.29) is 24.9 Å². The quantitative estimate of drug-likeness (QED) is 0.550. The van der Waals surface area contributed by atoms with Crippen molar-refractivity contribution in [2.45, 2.75) is 51.6 Å². The van der Waals surface area contributed by atoms with Crippen molar-refractivity contribution in [3.05, 3.63) is 59.7 Å². The van der Waals surface area contributed by atoms with Crippen molar-refractivity contribution in [3.8, 4) is 11.1 Å². The molecule has 1 unspecified atom stereocenters. The van der Waals surface area contributed by atoms with E-state index >= 15 is 0 Å². The molecule has 0 aliphatic heterocycles. The molecule has 2 aromatic rings. The molecule has 7 nitrogen and oxygen atoms in total. The predicted molar refractivity (Wildman–Crippen MR) is 121 cm³/mol. The van der Waals surface area contributed by atoms with Crippen molar-refractivity contribution >= 4 is 18.0 Å². The molecule has 0 bridgehead atoms. The summed E-state index contributed by atoms with van der Waals surface area (Å²) in [6.07, 6.45) is -0.363. The maximum atomic E-state index is 12.7. The zero-order valence-electron chi connectivity index (χ0n) is 18.6. The van der Waals surface area contributed by atoms with Gasteiger partial charge in [-0.15, -0.1) is 0 Å². The first-order chi connectivity index (χ1) is 15.3. The number of benzene rings is 2. The third-order valence-corrected chi connectivity index (χ3v) is 5.83. The number of hydrogen-bond donors (Lipinski definition) is 3. The van der Waals surface area contributed by atoms with Crippen LogP contribution in [0.3, 0.4) is 0 Å². The lowest BCUT2D eigenvalue weighted by atomic mass is 9.98. The summed E-state index contributed by atoms with van der Waals surface area (Å²) in [7, 11) is 0. The Morgan fingerprint density at radius 2 is 1.53 bits per heavy atom. The van der Waals surface area contributed by atoms with Crippen molar-refractivity contribution < 1.29 is 24.2 Å². The second-order valence-corrected chi connectivity index (χ2v) is 8.40. The number of carbonyl (C=O) groups excluding carboxylic acids is 2. The molecule has 0 radical (unpaired) electrons. The number of carbonyl (C=O) groups is 3. The molecule has 1 aliphatic rings. The highest BCUT2D eigenvalue weighted by molar-refractivity contribution is 5.86. The molecule has 1 aliphatic carbocycles. The van der Waals surface area contributed by atoms with Gasteiger partial charge < -0.3 is 20.5 Å². The standard InChI is InChI=1S/C25H30N2O5/c1-4-16(13-22(28)29)26-24(30)23(15(2)3)27-25(31)32-14-21-19-11-7-5-9-17(19)18-10-6-8-12-20(18)21/h5-12,15-16,21,23H,4,13-14H2,1-3H3,(H,26,30)(H,27,31)(H,28,29)/t16-,23?/m0/s1. The van der Waals surface area contributed by atoms with Gasteiger partial charge in [0, 0.05) is 12.0 Å². The molecular formula is C25H30N2O5. The second kappa shape index (κ2) is 10.3. The minimum absolute atomic E-state index is 0.0699. The number of carboxylic acids is 1. The maximum Gasteiger partial charge on any atom is 0.407 e. The van der Waals surface area contributed by atoms with Gasteiger partial charge in [0.1, 0.15) is 12.6 Å². The summed E-state index contributed by atoms with van der Waals surface area (Å²) in [4.78, 5) is 36.2. The van der Waals surface area contributed by atoms with Gasteiger partial charge in [0.15, 0.2) is 0 Å². The second-order valence-electron chi connectivity index (χ2n) is 8.40. The lowest BCUT2D eigenvalue weighted by molar-refractivity contribution is -0.137. The van der Waals surface area contributed by atoms with Crippen LogP contribution in [0.5, 0.6) is 0 Å². The molecule has 2 aromatic carbocycles. The zero-order chi connectivity index (χ0) is 23.3. The minimum Gasteiger partial charge on any atom is -0.481 e. The van der Waals surface area contributed by atoms with E-state index in [2.05, 4.69) is 22.8 Å². The van der Waals surface area contributed by atoms with Crippen LogP contribution < -0.4 is 10.6 Å². The van der Waals surface area contributed by atoms with Gasteiger partial charge in [-0.3, -0.25) is 9.59 Å². The van der Waals surface area contributed by atoms with Crippen molar-refractivity contribution in [1.82, 2.24) is 10.6 Å². The topological polar surface area (TPSA) is 105 Å². The monoisotopic (exact) mass is 438 g/mol. The number of amides is 2. The number of hydrogen-bond acceptors (Lipinski definition) is 4. The third kappa shape index (κ3) is 5.28. The highest BCUT2D eigenvalue weighted by Gasteiger charge is 2.31. The Balaban J connectivity index is 1.64. The van der Waals surface area contributed by atoms with Crippen LogP contribution in [0.4, 0.5) is 4.79 Å². The largest absolute Gasteiger partial charge is 0.481 e. The Bertz CT molecular complexity index is 942. The molecule has 0 saturated carbocycles. The van der Waals surface area contributed by atoms with E-state index in [0.717, 1.165) is 22.3 Å². The fraction of sp³-hybridized carbons (Fsp3) is 0.400.